The molecule has 4 rings (SSSR count). The number of carbonyl (C=O) groups excluding carboxylic acids is 1. The number of aromatic nitrogens is 2. The summed E-state index contributed by atoms with van der Waals surface area (Å²) in [6, 6.07) is 17.8. The highest BCUT2D eigenvalue weighted by atomic mass is 32.2. The van der Waals surface area contributed by atoms with E-state index in [1.807, 2.05) is 50.2 Å². The Labute approximate surface area is 189 Å². The number of hydrogen-bond acceptors (Lipinski definition) is 4. The molecule has 1 aliphatic heterocycles. The van der Waals surface area contributed by atoms with Gasteiger partial charge >= 0.3 is 0 Å². The van der Waals surface area contributed by atoms with Crippen molar-refractivity contribution in [2.45, 2.75) is 50.6 Å². The topological polar surface area (TPSA) is 84.3 Å². The standard InChI is InChI=1S/C24H28N4O3S/c1-18-16-23(27(26-18)17-20-9-4-3-5-10-20)25-24(29)21-11-13-22(14-12-21)32(30,31)28-15-7-6-8-19(28)2/h3-5,9-14,16,19H,6-8,15,17H2,1-2H3,(H,25,29). The number of carbonyl (C=O) groups is 1. The highest BCUT2D eigenvalue weighted by Crippen LogP contribution is 2.25. The van der Waals surface area contributed by atoms with Crippen LogP contribution in [0.15, 0.2) is 65.6 Å². The minimum absolute atomic E-state index is 0.00938. The molecule has 7 nitrogen and oxygen atoms in total. The molecule has 1 aliphatic rings. The van der Waals surface area contributed by atoms with Crippen molar-refractivity contribution in [3.63, 3.8) is 0 Å². The minimum Gasteiger partial charge on any atom is -0.307 e. The van der Waals surface area contributed by atoms with Gasteiger partial charge in [-0.2, -0.15) is 9.40 Å². The van der Waals surface area contributed by atoms with Crippen molar-refractivity contribution in [3.8, 4) is 0 Å². The summed E-state index contributed by atoms with van der Waals surface area (Å²) in [5.41, 5.74) is 2.27. The molecule has 0 saturated carbocycles. The summed E-state index contributed by atoms with van der Waals surface area (Å²) >= 11 is 0. The van der Waals surface area contributed by atoms with Gasteiger partial charge in [0, 0.05) is 24.2 Å². The van der Waals surface area contributed by atoms with E-state index in [0.717, 1.165) is 30.5 Å². The lowest BCUT2D eigenvalue weighted by atomic mass is 10.1. The van der Waals surface area contributed by atoms with Gasteiger partial charge < -0.3 is 5.32 Å². The van der Waals surface area contributed by atoms with Crippen LogP contribution in [0.3, 0.4) is 0 Å². The van der Waals surface area contributed by atoms with Gasteiger partial charge in [0.05, 0.1) is 17.1 Å². The normalized spacial score (nSPS) is 17.2. The number of benzene rings is 2. The molecule has 2 heterocycles. The number of nitrogens with zero attached hydrogens (tertiary/aromatic N) is 3. The predicted octanol–water partition coefficient (Wildman–Crippen LogP) is 4.06. The third kappa shape index (κ3) is 4.76. The predicted molar refractivity (Wildman–Crippen MR) is 124 cm³/mol. The van der Waals surface area contributed by atoms with Crippen LogP contribution >= 0.6 is 0 Å². The van der Waals surface area contributed by atoms with Crippen molar-refractivity contribution in [2.24, 2.45) is 0 Å². The fourth-order valence-corrected chi connectivity index (χ4v) is 5.75. The monoisotopic (exact) mass is 452 g/mol. The molecular weight excluding hydrogens is 424 g/mol. The fourth-order valence-electron chi connectivity index (χ4n) is 4.05. The molecule has 0 spiro atoms. The molecule has 1 atom stereocenters. The van der Waals surface area contributed by atoms with Crippen molar-refractivity contribution >= 4 is 21.7 Å². The third-order valence-corrected chi connectivity index (χ3v) is 7.81. The van der Waals surface area contributed by atoms with Crippen LogP contribution in [0, 0.1) is 6.92 Å². The lowest BCUT2D eigenvalue weighted by Crippen LogP contribution is -2.41. The Morgan fingerprint density at radius 1 is 1.09 bits per heavy atom. The molecule has 0 bridgehead atoms. The molecule has 8 heteroatoms. The maximum atomic E-state index is 13.0. The van der Waals surface area contributed by atoms with Crippen molar-refractivity contribution in [1.82, 2.24) is 14.1 Å². The van der Waals surface area contributed by atoms with Crippen LogP contribution in [0.1, 0.15) is 47.8 Å². The van der Waals surface area contributed by atoms with Gasteiger partial charge in [-0.15, -0.1) is 0 Å². The first-order valence-corrected chi connectivity index (χ1v) is 12.3. The molecule has 1 fully saturated rings. The molecule has 1 amide bonds. The number of nitrogens with one attached hydrogen (secondary N) is 1. The van der Waals surface area contributed by atoms with E-state index in [1.54, 1.807) is 21.1 Å². The summed E-state index contributed by atoms with van der Waals surface area (Å²) in [7, 11) is -3.56. The fraction of sp³-hybridized carbons (Fsp3) is 0.333. The van der Waals surface area contributed by atoms with Crippen LogP contribution in [0.4, 0.5) is 5.82 Å². The molecule has 32 heavy (non-hydrogen) atoms. The maximum Gasteiger partial charge on any atom is 0.256 e. The van der Waals surface area contributed by atoms with Crippen LogP contribution < -0.4 is 5.32 Å². The number of anilines is 1. The number of hydrogen-bond donors (Lipinski definition) is 1. The second-order valence-electron chi connectivity index (χ2n) is 8.25. The van der Waals surface area contributed by atoms with Crippen LogP contribution in [-0.4, -0.2) is 41.0 Å². The molecule has 1 N–H and O–H groups in total. The molecular formula is C24H28N4O3S. The lowest BCUT2D eigenvalue weighted by molar-refractivity contribution is 0.102. The van der Waals surface area contributed by atoms with Gasteiger partial charge in [0.2, 0.25) is 10.0 Å². The van der Waals surface area contributed by atoms with Gasteiger partial charge in [-0.25, -0.2) is 13.1 Å². The van der Waals surface area contributed by atoms with Crippen molar-refractivity contribution in [3.05, 3.63) is 77.5 Å². The molecule has 168 valence electrons. The van der Waals surface area contributed by atoms with E-state index in [2.05, 4.69) is 10.4 Å². The Bertz CT molecular complexity index is 1190. The van der Waals surface area contributed by atoms with E-state index in [0.29, 0.717) is 24.5 Å². The zero-order chi connectivity index (χ0) is 22.7. The first-order chi connectivity index (χ1) is 15.3. The van der Waals surface area contributed by atoms with E-state index in [1.165, 1.54) is 12.1 Å². The number of aryl methyl sites for hydroxylation is 1. The average molecular weight is 453 g/mol. The zero-order valence-corrected chi connectivity index (χ0v) is 19.2. The summed E-state index contributed by atoms with van der Waals surface area (Å²) in [4.78, 5) is 13.0. The van der Waals surface area contributed by atoms with Gasteiger partial charge in [0.25, 0.3) is 5.91 Å². The second kappa shape index (κ2) is 9.26. The number of rotatable bonds is 6. The van der Waals surface area contributed by atoms with E-state index >= 15 is 0 Å². The van der Waals surface area contributed by atoms with Crippen LogP contribution in [0.2, 0.25) is 0 Å². The Morgan fingerprint density at radius 2 is 1.81 bits per heavy atom. The van der Waals surface area contributed by atoms with Crippen LogP contribution in [0.25, 0.3) is 0 Å². The van der Waals surface area contributed by atoms with Gasteiger partial charge in [-0.1, -0.05) is 36.8 Å². The molecule has 1 saturated heterocycles. The van der Waals surface area contributed by atoms with Gasteiger partial charge in [-0.3, -0.25) is 4.79 Å². The van der Waals surface area contributed by atoms with Crippen LogP contribution in [-0.2, 0) is 16.6 Å². The SMILES string of the molecule is Cc1cc(NC(=O)c2ccc(S(=O)(=O)N3CCCCC3C)cc2)n(Cc2ccccc2)n1. The van der Waals surface area contributed by atoms with Gasteiger partial charge in [0.1, 0.15) is 5.82 Å². The van der Waals surface area contributed by atoms with Crippen molar-refractivity contribution in [2.75, 3.05) is 11.9 Å². The van der Waals surface area contributed by atoms with Gasteiger partial charge in [0.15, 0.2) is 0 Å². The first kappa shape index (κ1) is 22.2. The summed E-state index contributed by atoms with van der Waals surface area (Å²) in [5.74, 6) is 0.282. The molecule has 0 aliphatic carbocycles. The smallest absolute Gasteiger partial charge is 0.256 e. The Balaban J connectivity index is 1.49. The molecule has 3 aromatic rings. The summed E-state index contributed by atoms with van der Waals surface area (Å²) in [5, 5.41) is 7.37. The van der Waals surface area contributed by atoms with Gasteiger partial charge in [-0.05, 0) is 56.5 Å². The minimum atomic E-state index is -3.56. The number of sulfonamides is 1. The number of piperidine rings is 1. The van der Waals surface area contributed by atoms with Crippen molar-refractivity contribution < 1.29 is 13.2 Å². The van der Waals surface area contributed by atoms with Crippen LogP contribution in [0.5, 0.6) is 0 Å². The summed E-state index contributed by atoms with van der Waals surface area (Å²) in [6.07, 6.45) is 2.79. The maximum absolute atomic E-state index is 13.0. The quantitative estimate of drug-likeness (QED) is 0.611. The lowest BCUT2D eigenvalue weighted by Gasteiger charge is -2.32. The summed E-state index contributed by atoms with van der Waals surface area (Å²) in [6.45, 7) is 4.89. The molecule has 1 unspecified atom stereocenters. The largest absolute Gasteiger partial charge is 0.307 e. The third-order valence-electron chi connectivity index (χ3n) is 5.78. The Kier molecular flexibility index (Phi) is 6.43. The Morgan fingerprint density at radius 3 is 2.50 bits per heavy atom. The number of amides is 1. The van der Waals surface area contributed by atoms with E-state index in [9.17, 15) is 13.2 Å². The first-order valence-electron chi connectivity index (χ1n) is 10.9. The van der Waals surface area contributed by atoms with E-state index < -0.39 is 10.0 Å². The molecule has 1 aromatic heterocycles. The Hall–Kier alpha value is -2.97. The molecule has 2 aromatic carbocycles. The highest BCUT2D eigenvalue weighted by molar-refractivity contribution is 7.89. The van der Waals surface area contributed by atoms with Crippen molar-refractivity contribution in [1.29, 1.82) is 0 Å². The second-order valence-corrected chi connectivity index (χ2v) is 10.1. The zero-order valence-electron chi connectivity index (χ0n) is 18.4. The highest BCUT2D eigenvalue weighted by Gasteiger charge is 2.30. The average Bonchev–Trinajstić information content (AvgIpc) is 3.13. The van der Waals surface area contributed by atoms with E-state index in [4.69, 9.17) is 0 Å². The molecule has 0 radical (unpaired) electrons. The summed E-state index contributed by atoms with van der Waals surface area (Å²) < 4.78 is 29.3. The van der Waals surface area contributed by atoms with E-state index in [-0.39, 0.29) is 16.8 Å².